The molecule has 0 aromatic heterocycles. The normalized spacial score (nSPS) is 26.1. The fourth-order valence-electron chi connectivity index (χ4n) is 3.05. The number of unbranched alkanes of at least 4 members (excludes halogenated alkanes) is 1. The molecule has 1 amide bonds. The summed E-state index contributed by atoms with van der Waals surface area (Å²) in [5, 5.41) is 3.02. The summed E-state index contributed by atoms with van der Waals surface area (Å²) in [6.07, 6.45) is 9.61. The zero-order valence-electron chi connectivity index (χ0n) is 13.4. The largest absolute Gasteiger partial charge is 0.378 e. The van der Waals surface area contributed by atoms with E-state index in [-0.39, 0.29) is 5.91 Å². The van der Waals surface area contributed by atoms with Crippen LogP contribution in [0.15, 0.2) is 0 Å². The van der Waals surface area contributed by atoms with E-state index >= 15 is 0 Å². The molecule has 0 saturated heterocycles. The van der Waals surface area contributed by atoms with E-state index in [1.807, 2.05) is 6.92 Å². The van der Waals surface area contributed by atoms with Crippen molar-refractivity contribution in [3.05, 3.63) is 0 Å². The lowest BCUT2D eigenvalue weighted by Gasteiger charge is -2.31. The summed E-state index contributed by atoms with van der Waals surface area (Å²) in [4.78, 5) is 11.4. The molecule has 1 rings (SSSR count). The summed E-state index contributed by atoms with van der Waals surface area (Å²) in [6.45, 7) is 4.93. The third kappa shape index (κ3) is 5.06. The molecule has 0 aliphatic heterocycles. The average molecular weight is 284 g/mol. The second-order valence-corrected chi connectivity index (χ2v) is 6.27. The summed E-state index contributed by atoms with van der Waals surface area (Å²) in [7, 11) is 1.79. The van der Waals surface area contributed by atoms with Gasteiger partial charge in [-0.25, -0.2) is 0 Å². The van der Waals surface area contributed by atoms with E-state index < -0.39 is 5.54 Å². The Labute approximate surface area is 123 Å². The SMILES string of the molecule is CCC1CCCCC1OCCCCC(C)(NC)C(N)=O. The number of nitrogens with two attached hydrogens (primary N) is 1. The second kappa shape index (κ2) is 8.63. The van der Waals surface area contributed by atoms with Gasteiger partial charge in [-0.05, 0) is 52.0 Å². The summed E-state index contributed by atoms with van der Waals surface area (Å²) in [6, 6.07) is 0. The molecule has 1 aliphatic carbocycles. The van der Waals surface area contributed by atoms with E-state index in [2.05, 4.69) is 12.2 Å². The van der Waals surface area contributed by atoms with Crippen molar-refractivity contribution in [1.82, 2.24) is 5.32 Å². The van der Waals surface area contributed by atoms with Crippen LogP contribution >= 0.6 is 0 Å². The quantitative estimate of drug-likeness (QED) is 0.640. The van der Waals surface area contributed by atoms with Gasteiger partial charge < -0.3 is 15.8 Å². The van der Waals surface area contributed by atoms with Gasteiger partial charge in [0.2, 0.25) is 5.91 Å². The standard InChI is InChI=1S/C16H32N2O2/c1-4-13-9-5-6-10-14(13)20-12-8-7-11-16(2,18-3)15(17)19/h13-14,18H,4-12H2,1-3H3,(H2,17,19). The lowest BCUT2D eigenvalue weighted by atomic mass is 9.85. The molecule has 3 N–H and O–H groups in total. The van der Waals surface area contributed by atoms with E-state index in [9.17, 15) is 4.79 Å². The van der Waals surface area contributed by atoms with E-state index in [1.165, 1.54) is 32.1 Å². The van der Waals surface area contributed by atoms with Crippen LogP contribution < -0.4 is 11.1 Å². The van der Waals surface area contributed by atoms with Crippen LogP contribution in [-0.2, 0) is 9.53 Å². The Morgan fingerprint density at radius 1 is 1.35 bits per heavy atom. The maximum absolute atomic E-state index is 11.4. The summed E-state index contributed by atoms with van der Waals surface area (Å²) < 4.78 is 6.06. The van der Waals surface area contributed by atoms with Gasteiger partial charge in [0.15, 0.2) is 0 Å². The smallest absolute Gasteiger partial charge is 0.237 e. The zero-order valence-corrected chi connectivity index (χ0v) is 13.4. The van der Waals surface area contributed by atoms with Gasteiger partial charge >= 0.3 is 0 Å². The van der Waals surface area contributed by atoms with Crippen LogP contribution in [0.3, 0.4) is 0 Å². The molecule has 1 aliphatic rings. The fourth-order valence-corrected chi connectivity index (χ4v) is 3.05. The predicted molar refractivity (Wildman–Crippen MR) is 82.5 cm³/mol. The van der Waals surface area contributed by atoms with Crippen molar-refractivity contribution in [1.29, 1.82) is 0 Å². The van der Waals surface area contributed by atoms with Gasteiger partial charge in [0, 0.05) is 6.61 Å². The first-order valence-electron chi connectivity index (χ1n) is 8.14. The molecular weight excluding hydrogens is 252 g/mol. The van der Waals surface area contributed by atoms with E-state index in [4.69, 9.17) is 10.5 Å². The van der Waals surface area contributed by atoms with Crippen LogP contribution in [0.1, 0.15) is 65.2 Å². The minimum Gasteiger partial charge on any atom is -0.378 e. The van der Waals surface area contributed by atoms with Gasteiger partial charge in [-0.3, -0.25) is 4.79 Å². The van der Waals surface area contributed by atoms with E-state index in [0.717, 1.165) is 31.8 Å². The molecule has 0 aromatic rings. The minimum atomic E-state index is -0.587. The Morgan fingerprint density at radius 3 is 2.65 bits per heavy atom. The Bertz CT molecular complexity index is 296. The fraction of sp³-hybridized carbons (Fsp3) is 0.938. The predicted octanol–water partition coefficient (Wildman–Crippen LogP) is 2.61. The van der Waals surface area contributed by atoms with Gasteiger partial charge in [0.05, 0.1) is 11.6 Å². The van der Waals surface area contributed by atoms with E-state index in [1.54, 1.807) is 7.05 Å². The first-order valence-corrected chi connectivity index (χ1v) is 8.14. The second-order valence-electron chi connectivity index (χ2n) is 6.27. The number of rotatable bonds is 9. The third-order valence-electron chi connectivity index (χ3n) is 4.86. The molecule has 118 valence electrons. The van der Waals surface area contributed by atoms with Crippen molar-refractivity contribution in [2.24, 2.45) is 11.7 Å². The van der Waals surface area contributed by atoms with E-state index in [0.29, 0.717) is 6.10 Å². The Kier molecular flexibility index (Phi) is 7.52. The van der Waals surface area contributed by atoms with Crippen LogP contribution in [0.25, 0.3) is 0 Å². The Hall–Kier alpha value is -0.610. The van der Waals surface area contributed by atoms with Crippen molar-refractivity contribution in [3.63, 3.8) is 0 Å². The van der Waals surface area contributed by atoms with Crippen molar-refractivity contribution >= 4 is 5.91 Å². The number of likely N-dealkylation sites (N-methyl/N-ethyl adjacent to an activating group) is 1. The molecule has 1 saturated carbocycles. The van der Waals surface area contributed by atoms with Gasteiger partial charge in [-0.2, -0.15) is 0 Å². The first kappa shape index (κ1) is 17.4. The van der Waals surface area contributed by atoms with Crippen LogP contribution in [0, 0.1) is 5.92 Å². The highest BCUT2D eigenvalue weighted by molar-refractivity contribution is 5.84. The monoisotopic (exact) mass is 284 g/mol. The number of hydrogen-bond acceptors (Lipinski definition) is 3. The molecule has 20 heavy (non-hydrogen) atoms. The lowest BCUT2D eigenvalue weighted by molar-refractivity contribution is -0.124. The van der Waals surface area contributed by atoms with Gasteiger partial charge in [0.1, 0.15) is 0 Å². The highest BCUT2D eigenvalue weighted by atomic mass is 16.5. The molecule has 0 bridgehead atoms. The number of hydrogen-bond donors (Lipinski definition) is 2. The van der Waals surface area contributed by atoms with Crippen LogP contribution in [-0.4, -0.2) is 31.2 Å². The van der Waals surface area contributed by atoms with Gasteiger partial charge in [-0.15, -0.1) is 0 Å². The zero-order chi connectivity index (χ0) is 15.0. The molecule has 0 spiro atoms. The number of primary amides is 1. The van der Waals surface area contributed by atoms with Crippen molar-refractivity contribution in [2.45, 2.75) is 76.9 Å². The molecule has 3 unspecified atom stereocenters. The highest BCUT2D eigenvalue weighted by Crippen LogP contribution is 2.29. The number of carbonyl (C=O) groups is 1. The molecule has 4 nitrogen and oxygen atoms in total. The number of carbonyl (C=O) groups excluding carboxylic acids is 1. The molecule has 1 fully saturated rings. The summed E-state index contributed by atoms with van der Waals surface area (Å²) >= 11 is 0. The lowest BCUT2D eigenvalue weighted by Crippen LogP contribution is -2.51. The molecule has 0 aromatic carbocycles. The highest BCUT2D eigenvalue weighted by Gasteiger charge is 2.28. The summed E-state index contributed by atoms with van der Waals surface area (Å²) in [5.41, 5.74) is 4.83. The Morgan fingerprint density at radius 2 is 2.05 bits per heavy atom. The van der Waals surface area contributed by atoms with Gasteiger partial charge in [-0.1, -0.05) is 26.2 Å². The number of amides is 1. The molecule has 3 atom stereocenters. The number of nitrogens with one attached hydrogen (secondary N) is 1. The Balaban J connectivity index is 2.19. The van der Waals surface area contributed by atoms with Crippen LogP contribution in [0.2, 0.25) is 0 Å². The topological polar surface area (TPSA) is 64.3 Å². The molecule has 0 heterocycles. The number of ether oxygens (including phenoxy) is 1. The van der Waals surface area contributed by atoms with Gasteiger partial charge in [0.25, 0.3) is 0 Å². The summed E-state index contributed by atoms with van der Waals surface area (Å²) in [5.74, 6) is 0.469. The third-order valence-corrected chi connectivity index (χ3v) is 4.86. The minimum absolute atomic E-state index is 0.278. The van der Waals surface area contributed by atoms with Crippen molar-refractivity contribution in [3.8, 4) is 0 Å². The molecular formula is C16H32N2O2. The van der Waals surface area contributed by atoms with Crippen molar-refractivity contribution < 1.29 is 9.53 Å². The molecule has 0 radical (unpaired) electrons. The van der Waals surface area contributed by atoms with Crippen molar-refractivity contribution in [2.75, 3.05) is 13.7 Å². The molecule has 4 heteroatoms. The first-order chi connectivity index (χ1) is 9.53. The maximum Gasteiger partial charge on any atom is 0.237 e. The average Bonchev–Trinajstić information content (AvgIpc) is 2.46. The maximum atomic E-state index is 11.4. The van der Waals surface area contributed by atoms with Crippen LogP contribution in [0.5, 0.6) is 0 Å². The van der Waals surface area contributed by atoms with Crippen LogP contribution in [0.4, 0.5) is 0 Å².